The van der Waals surface area contributed by atoms with Crippen LogP contribution >= 0.6 is 22.7 Å². The lowest BCUT2D eigenvalue weighted by atomic mass is 10.1. The summed E-state index contributed by atoms with van der Waals surface area (Å²) in [7, 11) is -3.11. The Morgan fingerprint density at radius 3 is 2.95 bits per heavy atom. The maximum absolute atomic E-state index is 11.9. The fraction of sp³-hybridized carbons (Fsp3) is 0.231. The van der Waals surface area contributed by atoms with Crippen LogP contribution in [0.3, 0.4) is 0 Å². The van der Waals surface area contributed by atoms with E-state index in [0.29, 0.717) is 5.13 Å². The third-order valence-electron chi connectivity index (χ3n) is 2.98. The van der Waals surface area contributed by atoms with Gasteiger partial charge in [0.05, 0.1) is 16.3 Å². The van der Waals surface area contributed by atoms with Crippen LogP contribution in [0.2, 0.25) is 0 Å². The Bertz CT molecular complexity index is 775. The Morgan fingerprint density at radius 1 is 1.43 bits per heavy atom. The van der Waals surface area contributed by atoms with E-state index in [4.69, 9.17) is 0 Å². The van der Waals surface area contributed by atoms with E-state index in [9.17, 15) is 13.2 Å². The predicted octanol–water partition coefficient (Wildman–Crippen LogP) is 2.76. The van der Waals surface area contributed by atoms with E-state index >= 15 is 0 Å². The molecule has 2 aromatic heterocycles. The van der Waals surface area contributed by atoms with E-state index in [1.165, 1.54) is 16.7 Å². The zero-order valence-corrected chi connectivity index (χ0v) is 13.3. The summed E-state index contributed by atoms with van der Waals surface area (Å²) >= 11 is 2.95. The number of rotatable bonds is 4. The lowest BCUT2D eigenvalue weighted by molar-refractivity contribution is -0.116. The molecule has 0 bridgehead atoms. The molecule has 21 heavy (non-hydrogen) atoms. The highest BCUT2D eigenvalue weighted by atomic mass is 32.2. The van der Waals surface area contributed by atoms with Crippen molar-refractivity contribution >= 4 is 43.5 Å². The van der Waals surface area contributed by atoms with Crippen molar-refractivity contribution in [1.29, 1.82) is 0 Å². The van der Waals surface area contributed by atoms with Crippen molar-refractivity contribution in [2.75, 3.05) is 11.1 Å². The Balaban J connectivity index is 1.60. The molecule has 1 aliphatic heterocycles. The van der Waals surface area contributed by atoms with Gasteiger partial charge in [-0.2, -0.15) is 0 Å². The first-order valence-corrected chi connectivity index (χ1v) is 9.69. The van der Waals surface area contributed by atoms with Crippen LogP contribution in [-0.2, 0) is 14.6 Å². The second kappa shape index (κ2) is 5.70. The van der Waals surface area contributed by atoms with Crippen LogP contribution in [-0.4, -0.2) is 25.1 Å². The smallest absolute Gasteiger partial charge is 0.226 e. The summed E-state index contributed by atoms with van der Waals surface area (Å²) in [6.07, 6.45) is 1.73. The zero-order valence-electron chi connectivity index (χ0n) is 10.9. The molecule has 1 aliphatic rings. The van der Waals surface area contributed by atoms with Gasteiger partial charge in [0.1, 0.15) is 0 Å². The largest absolute Gasteiger partial charge is 0.302 e. The van der Waals surface area contributed by atoms with E-state index in [0.717, 1.165) is 10.6 Å². The summed E-state index contributed by atoms with van der Waals surface area (Å²) in [5.41, 5.74) is 0.841. The number of hydrogen-bond acceptors (Lipinski definition) is 6. The van der Waals surface area contributed by atoms with Gasteiger partial charge in [-0.1, -0.05) is 12.1 Å². The van der Waals surface area contributed by atoms with Crippen molar-refractivity contribution in [1.82, 2.24) is 4.98 Å². The fourth-order valence-electron chi connectivity index (χ4n) is 2.04. The zero-order chi connectivity index (χ0) is 14.9. The van der Waals surface area contributed by atoms with Crippen LogP contribution in [0.4, 0.5) is 5.13 Å². The number of thiazole rings is 1. The van der Waals surface area contributed by atoms with Crippen LogP contribution in [0.15, 0.2) is 34.4 Å². The Kier molecular flexibility index (Phi) is 3.92. The van der Waals surface area contributed by atoms with E-state index in [2.05, 4.69) is 10.3 Å². The number of allylic oxidation sites excluding steroid dienone is 1. The minimum atomic E-state index is -3.11. The molecule has 1 amide bonds. The number of aromatic nitrogens is 1. The summed E-state index contributed by atoms with van der Waals surface area (Å²) in [5.74, 6) is -0.445. The number of anilines is 1. The van der Waals surface area contributed by atoms with Gasteiger partial charge in [-0.15, -0.1) is 22.7 Å². The number of carbonyl (C=O) groups excluding carboxylic acids is 1. The number of amides is 1. The van der Waals surface area contributed by atoms with Crippen LogP contribution < -0.4 is 5.32 Å². The van der Waals surface area contributed by atoms with E-state index in [1.807, 2.05) is 22.9 Å². The second-order valence-electron chi connectivity index (χ2n) is 4.69. The second-order valence-corrected chi connectivity index (χ2v) is 8.42. The Hall–Kier alpha value is -1.51. The van der Waals surface area contributed by atoms with Crippen molar-refractivity contribution in [2.45, 2.75) is 6.42 Å². The molecule has 0 spiro atoms. The molecule has 0 saturated heterocycles. The van der Waals surface area contributed by atoms with Gasteiger partial charge in [0.25, 0.3) is 0 Å². The number of hydrogen-bond donors (Lipinski definition) is 1. The van der Waals surface area contributed by atoms with Gasteiger partial charge in [0, 0.05) is 23.1 Å². The molecule has 110 valence electrons. The van der Waals surface area contributed by atoms with Gasteiger partial charge in [-0.05, 0) is 11.4 Å². The van der Waals surface area contributed by atoms with Crippen molar-refractivity contribution in [3.05, 3.63) is 34.4 Å². The highest BCUT2D eigenvalue weighted by molar-refractivity contribution is 7.94. The molecule has 1 N–H and O–H groups in total. The van der Waals surface area contributed by atoms with Gasteiger partial charge in [-0.3, -0.25) is 4.79 Å². The molecule has 3 rings (SSSR count). The van der Waals surface area contributed by atoms with E-state index in [1.54, 1.807) is 17.4 Å². The summed E-state index contributed by atoms with van der Waals surface area (Å²) in [4.78, 5) is 17.3. The van der Waals surface area contributed by atoms with Crippen LogP contribution in [0, 0.1) is 5.92 Å². The molecule has 1 unspecified atom stereocenters. The Labute approximate surface area is 130 Å². The minimum absolute atomic E-state index is 0.0126. The summed E-state index contributed by atoms with van der Waals surface area (Å²) in [5, 5.41) is 8.30. The first kappa shape index (κ1) is 14.4. The monoisotopic (exact) mass is 340 g/mol. The molecular formula is C13H12N2O3S3. The quantitative estimate of drug-likeness (QED) is 0.928. The van der Waals surface area contributed by atoms with Gasteiger partial charge < -0.3 is 5.32 Å². The Morgan fingerprint density at radius 2 is 2.29 bits per heavy atom. The van der Waals surface area contributed by atoms with Gasteiger partial charge in [0.15, 0.2) is 15.0 Å². The number of nitrogens with one attached hydrogen (secondary N) is 1. The first-order chi connectivity index (χ1) is 10.0. The predicted molar refractivity (Wildman–Crippen MR) is 85.1 cm³/mol. The molecule has 3 heterocycles. The minimum Gasteiger partial charge on any atom is -0.302 e. The average molecular weight is 340 g/mol. The third-order valence-corrected chi connectivity index (χ3v) is 6.09. The van der Waals surface area contributed by atoms with Gasteiger partial charge in [0.2, 0.25) is 5.91 Å². The maximum Gasteiger partial charge on any atom is 0.226 e. The molecule has 0 aliphatic carbocycles. The van der Waals surface area contributed by atoms with Crippen LogP contribution in [0.1, 0.15) is 6.42 Å². The highest BCUT2D eigenvalue weighted by Gasteiger charge is 2.24. The van der Waals surface area contributed by atoms with Crippen molar-refractivity contribution in [3.63, 3.8) is 0 Å². The fourth-order valence-corrected chi connectivity index (χ4v) is 4.93. The summed E-state index contributed by atoms with van der Waals surface area (Å²) < 4.78 is 22.6. The van der Waals surface area contributed by atoms with Gasteiger partial charge >= 0.3 is 0 Å². The standard InChI is InChI=1S/C13H12N2O3S3/c16-12(6-9-3-5-21(17,18)8-9)15-13-14-10(7-20-13)11-2-1-4-19-11/h1-5,7,9H,6,8H2,(H,14,15,16). The van der Waals surface area contributed by atoms with Crippen molar-refractivity contribution < 1.29 is 13.2 Å². The molecule has 0 radical (unpaired) electrons. The number of thiophene rings is 1. The molecule has 0 fully saturated rings. The molecule has 8 heteroatoms. The van der Waals surface area contributed by atoms with Crippen LogP contribution in [0.5, 0.6) is 0 Å². The topological polar surface area (TPSA) is 76.1 Å². The van der Waals surface area contributed by atoms with Crippen molar-refractivity contribution in [2.24, 2.45) is 5.92 Å². The highest BCUT2D eigenvalue weighted by Crippen LogP contribution is 2.28. The number of sulfone groups is 1. The molecule has 2 aromatic rings. The van der Waals surface area contributed by atoms with E-state index in [-0.39, 0.29) is 24.0 Å². The maximum atomic E-state index is 11.9. The summed E-state index contributed by atoms with van der Waals surface area (Å²) in [6, 6.07) is 3.92. The van der Waals surface area contributed by atoms with Gasteiger partial charge in [-0.25, -0.2) is 13.4 Å². The normalized spacial score (nSPS) is 19.7. The van der Waals surface area contributed by atoms with Crippen LogP contribution in [0.25, 0.3) is 10.6 Å². The molecule has 0 saturated carbocycles. The lowest BCUT2D eigenvalue weighted by Gasteiger charge is -2.05. The average Bonchev–Trinajstić information content (AvgIpc) is 3.09. The molecule has 1 atom stereocenters. The van der Waals surface area contributed by atoms with Crippen molar-refractivity contribution in [3.8, 4) is 10.6 Å². The number of carbonyl (C=O) groups is 1. The first-order valence-electron chi connectivity index (χ1n) is 6.22. The molecular weight excluding hydrogens is 328 g/mol. The van der Waals surface area contributed by atoms with E-state index < -0.39 is 9.84 Å². The molecule has 0 aromatic carbocycles. The summed E-state index contributed by atoms with van der Waals surface area (Å²) in [6.45, 7) is 0. The third kappa shape index (κ3) is 3.58. The number of nitrogens with zero attached hydrogens (tertiary/aromatic N) is 1. The lowest BCUT2D eigenvalue weighted by Crippen LogP contribution is -2.17. The molecule has 5 nitrogen and oxygen atoms in total. The SMILES string of the molecule is O=C(CC1C=CS(=O)(=O)C1)Nc1nc(-c2cccs2)cs1.